The van der Waals surface area contributed by atoms with Gasteiger partial charge in [-0.15, -0.1) is 10.2 Å². The Morgan fingerprint density at radius 1 is 1.21 bits per heavy atom. The van der Waals surface area contributed by atoms with Crippen LogP contribution in [0.3, 0.4) is 0 Å². The van der Waals surface area contributed by atoms with Crippen LogP contribution in [-0.4, -0.2) is 22.9 Å². The van der Waals surface area contributed by atoms with Gasteiger partial charge in [-0.05, 0) is 36.3 Å². The van der Waals surface area contributed by atoms with Gasteiger partial charge in [-0.25, -0.2) is 0 Å². The fraction of sp³-hybridized carbons (Fsp3) is 0.150. The lowest BCUT2D eigenvalue weighted by atomic mass is 10.1. The van der Waals surface area contributed by atoms with Crippen molar-refractivity contribution >= 4 is 51.6 Å². The third kappa shape index (κ3) is 4.53. The molecule has 2 heterocycles. The summed E-state index contributed by atoms with van der Waals surface area (Å²) in [6.07, 6.45) is 1.68. The number of ether oxygens (including phenoxy) is 2. The smallest absolute Gasteiger partial charge is 0.282 e. The van der Waals surface area contributed by atoms with E-state index in [1.165, 1.54) is 5.56 Å². The molecule has 148 valence electrons. The summed E-state index contributed by atoms with van der Waals surface area (Å²) in [5, 5.41) is 12.2. The van der Waals surface area contributed by atoms with Crippen LogP contribution in [0.5, 0.6) is 11.5 Å². The minimum Gasteiger partial charge on any atom is -0.454 e. The first kappa shape index (κ1) is 19.7. The average molecular weight is 448 g/mol. The zero-order valence-corrected chi connectivity index (χ0v) is 17.6. The van der Waals surface area contributed by atoms with E-state index < -0.39 is 0 Å². The van der Waals surface area contributed by atoms with Gasteiger partial charge in [-0.2, -0.15) is 0 Å². The Bertz CT molecular complexity index is 1100. The average Bonchev–Trinajstić information content (AvgIpc) is 3.37. The van der Waals surface area contributed by atoms with Crippen molar-refractivity contribution in [1.82, 2.24) is 15.5 Å². The quantitative estimate of drug-likeness (QED) is 0.602. The molecule has 1 N–H and O–H groups in total. The lowest BCUT2D eigenvalue weighted by molar-refractivity contribution is 0.0950. The highest BCUT2D eigenvalue weighted by atomic mass is 35.5. The van der Waals surface area contributed by atoms with Crippen molar-refractivity contribution in [3.05, 3.63) is 68.1 Å². The van der Waals surface area contributed by atoms with E-state index in [9.17, 15) is 4.79 Å². The number of halogens is 2. The Balaban J connectivity index is 1.45. The number of aryl methyl sites for hydroxylation is 1. The fourth-order valence-electron chi connectivity index (χ4n) is 2.65. The monoisotopic (exact) mass is 447 g/mol. The Labute approximate surface area is 181 Å². The van der Waals surface area contributed by atoms with Crippen molar-refractivity contribution in [2.45, 2.75) is 13.5 Å². The number of benzene rings is 2. The Hall–Kier alpha value is -2.61. The van der Waals surface area contributed by atoms with E-state index >= 15 is 0 Å². The van der Waals surface area contributed by atoms with Crippen LogP contribution < -0.4 is 14.8 Å². The normalized spacial score (nSPS) is 12.9. The molecule has 0 atom stereocenters. The molecule has 0 spiro atoms. The summed E-state index contributed by atoms with van der Waals surface area (Å²) in [6.45, 7) is 2.56. The number of hydrogen-bond donors (Lipinski definition) is 1. The van der Waals surface area contributed by atoms with Crippen LogP contribution in [0.2, 0.25) is 5.02 Å². The van der Waals surface area contributed by atoms with Crippen LogP contribution in [0.15, 0.2) is 36.4 Å². The van der Waals surface area contributed by atoms with Crippen molar-refractivity contribution < 1.29 is 14.3 Å². The van der Waals surface area contributed by atoms with Crippen molar-refractivity contribution in [2.24, 2.45) is 0 Å². The zero-order valence-electron chi connectivity index (χ0n) is 15.2. The minimum atomic E-state index is -0.301. The summed E-state index contributed by atoms with van der Waals surface area (Å²) in [6, 6.07) is 11.4. The van der Waals surface area contributed by atoms with Gasteiger partial charge in [0.2, 0.25) is 11.8 Å². The molecule has 0 aliphatic carbocycles. The summed E-state index contributed by atoms with van der Waals surface area (Å²) in [4.78, 5) is 12.3. The number of fused-ring (bicyclic) bond motifs is 1. The number of aromatic nitrogens is 2. The van der Waals surface area contributed by atoms with E-state index in [-0.39, 0.29) is 17.7 Å². The van der Waals surface area contributed by atoms with E-state index in [2.05, 4.69) is 15.5 Å². The Morgan fingerprint density at radius 3 is 2.76 bits per heavy atom. The first-order valence-corrected chi connectivity index (χ1v) is 10.2. The van der Waals surface area contributed by atoms with Crippen molar-refractivity contribution in [2.75, 3.05) is 6.79 Å². The molecule has 2 aromatic carbocycles. The largest absolute Gasteiger partial charge is 0.454 e. The topological polar surface area (TPSA) is 73.3 Å². The summed E-state index contributed by atoms with van der Waals surface area (Å²) >= 11 is 13.7. The molecule has 0 radical (unpaired) electrons. The predicted octanol–water partition coefficient (Wildman–Crippen LogP) is 4.90. The molecule has 0 saturated heterocycles. The van der Waals surface area contributed by atoms with Gasteiger partial charge in [0.1, 0.15) is 0 Å². The summed E-state index contributed by atoms with van der Waals surface area (Å²) in [5.74, 6) is 0.773. The molecule has 9 heteroatoms. The minimum absolute atomic E-state index is 0.132. The molecule has 1 aliphatic rings. The molecule has 0 fully saturated rings. The number of nitrogens with zero attached hydrogens (tertiary/aromatic N) is 2. The van der Waals surface area contributed by atoms with Gasteiger partial charge in [-0.1, -0.05) is 64.4 Å². The number of rotatable bonds is 5. The maximum atomic E-state index is 12.3. The van der Waals surface area contributed by atoms with Gasteiger partial charge in [0, 0.05) is 6.54 Å². The van der Waals surface area contributed by atoms with Crippen molar-refractivity contribution in [3.63, 3.8) is 0 Å². The van der Waals surface area contributed by atoms with Gasteiger partial charge in [0.25, 0.3) is 5.91 Å². The van der Waals surface area contributed by atoms with E-state index in [0.717, 1.165) is 22.5 Å². The van der Waals surface area contributed by atoms with Crippen LogP contribution >= 0.6 is 34.5 Å². The first-order valence-electron chi connectivity index (χ1n) is 8.63. The summed E-state index contributed by atoms with van der Waals surface area (Å²) in [7, 11) is 0. The molecule has 1 aliphatic heterocycles. The zero-order chi connectivity index (χ0) is 20.4. The van der Waals surface area contributed by atoms with E-state index in [1.807, 2.05) is 31.2 Å². The van der Waals surface area contributed by atoms with Crippen LogP contribution in [-0.2, 0) is 6.54 Å². The highest BCUT2D eigenvalue weighted by molar-refractivity contribution is 7.15. The SMILES string of the molecule is Cc1ccc(CNC(=O)c2nnc(/C(Cl)=C/c3cc(Cl)c4c(c3)OCO4)s2)cc1. The Morgan fingerprint density at radius 2 is 1.97 bits per heavy atom. The predicted molar refractivity (Wildman–Crippen MR) is 114 cm³/mol. The molecule has 0 saturated carbocycles. The second kappa shape index (κ2) is 8.41. The molecule has 6 nitrogen and oxygen atoms in total. The number of carbonyl (C=O) groups is 1. The van der Waals surface area contributed by atoms with Crippen LogP contribution in [0.4, 0.5) is 0 Å². The molecular formula is C20H15Cl2N3O3S. The van der Waals surface area contributed by atoms with Gasteiger partial charge in [-0.3, -0.25) is 4.79 Å². The number of amides is 1. The van der Waals surface area contributed by atoms with Gasteiger partial charge >= 0.3 is 0 Å². The van der Waals surface area contributed by atoms with Gasteiger partial charge in [0.15, 0.2) is 16.5 Å². The van der Waals surface area contributed by atoms with Crippen LogP contribution in [0.1, 0.15) is 31.5 Å². The highest BCUT2D eigenvalue weighted by Crippen LogP contribution is 2.40. The van der Waals surface area contributed by atoms with Crippen molar-refractivity contribution in [3.8, 4) is 11.5 Å². The summed E-state index contributed by atoms with van der Waals surface area (Å²) < 4.78 is 10.6. The van der Waals surface area contributed by atoms with E-state index in [1.54, 1.807) is 18.2 Å². The molecule has 0 unspecified atom stereocenters. The van der Waals surface area contributed by atoms with Gasteiger partial charge < -0.3 is 14.8 Å². The second-order valence-corrected chi connectivity index (χ2v) is 8.10. The molecule has 29 heavy (non-hydrogen) atoms. The highest BCUT2D eigenvalue weighted by Gasteiger charge is 2.19. The molecule has 1 aromatic heterocycles. The molecule has 3 aromatic rings. The maximum Gasteiger partial charge on any atom is 0.282 e. The Kier molecular flexibility index (Phi) is 5.71. The lowest BCUT2D eigenvalue weighted by Gasteiger charge is -2.03. The van der Waals surface area contributed by atoms with E-state index in [4.69, 9.17) is 32.7 Å². The maximum absolute atomic E-state index is 12.3. The molecule has 1 amide bonds. The number of hydrogen-bond acceptors (Lipinski definition) is 6. The number of carbonyl (C=O) groups excluding carboxylic acids is 1. The lowest BCUT2D eigenvalue weighted by Crippen LogP contribution is -2.22. The first-order chi connectivity index (χ1) is 14.0. The van der Waals surface area contributed by atoms with Crippen LogP contribution in [0.25, 0.3) is 11.1 Å². The summed E-state index contributed by atoms with van der Waals surface area (Å²) in [5.41, 5.74) is 2.90. The molecule has 4 rings (SSSR count). The second-order valence-electron chi connectivity index (χ2n) is 6.31. The van der Waals surface area contributed by atoms with Crippen molar-refractivity contribution in [1.29, 1.82) is 0 Å². The molecule has 0 bridgehead atoms. The third-order valence-corrected chi connectivity index (χ3v) is 5.78. The third-order valence-electron chi connectivity index (χ3n) is 4.14. The van der Waals surface area contributed by atoms with E-state index in [0.29, 0.717) is 33.1 Å². The fourth-order valence-corrected chi connectivity index (χ4v) is 3.88. The number of nitrogens with one attached hydrogen (secondary N) is 1. The van der Waals surface area contributed by atoms with Gasteiger partial charge in [0.05, 0.1) is 10.1 Å². The van der Waals surface area contributed by atoms with Crippen LogP contribution in [0, 0.1) is 6.92 Å². The molecular weight excluding hydrogens is 433 g/mol. The standard InChI is InChI=1S/C20H15Cl2N3O3S/c1-11-2-4-12(5-3-11)9-23-18(26)20-25-24-19(29-20)15(22)7-13-6-14(21)17-16(8-13)27-10-28-17/h2-8H,9-10H2,1H3,(H,23,26)/b15-7-.